The molecule has 1 aliphatic heterocycles. The summed E-state index contributed by atoms with van der Waals surface area (Å²) in [4.78, 5) is 16.0. The summed E-state index contributed by atoms with van der Waals surface area (Å²) in [5.41, 5.74) is 1.09. The summed E-state index contributed by atoms with van der Waals surface area (Å²) in [7, 11) is 3.72. The molecule has 6 nitrogen and oxygen atoms in total. The number of benzene rings is 1. The molecule has 6 heteroatoms. The van der Waals surface area contributed by atoms with E-state index in [4.69, 9.17) is 13.9 Å². The average Bonchev–Trinajstić information content (AvgIpc) is 2.99. The van der Waals surface area contributed by atoms with Gasteiger partial charge < -0.3 is 18.8 Å². The fourth-order valence-corrected chi connectivity index (χ4v) is 2.80. The third-order valence-corrected chi connectivity index (χ3v) is 4.08. The lowest BCUT2D eigenvalue weighted by Crippen LogP contribution is -2.36. The van der Waals surface area contributed by atoms with Crippen molar-refractivity contribution in [3.05, 3.63) is 47.4 Å². The van der Waals surface area contributed by atoms with Crippen molar-refractivity contribution in [3.63, 3.8) is 0 Å². The van der Waals surface area contributed by atoms with Crippen LogP contribution in [0.1, 0.15) is 17.1 Å². The highest BCUT2D eigenvalue weighted by Gasteiger charge is 2.16. The number of fused-ring (bicyclic) bond motifs is 1. The maximum atomic E-state index is 12.4. The third kappa shape index (κ3) is 4.54. The maximum Gasteiger partial charge on any atom is 0.236 e. The molecule has 0 saturated heterocycles. The number of nitrogens with zero attached hydrogens (tertiary/aromatic N) is 2. The molecule has 0 radical (unpaired) electrons. The molecule has 2 heterocycles. The molecule has 3 rings (SSSR count). The van der Waals surface area contributed by atoms with Crippen LogP contribution in [0.4, 0.5) is 0 Å². The SMILES string of the molecule is Cc1ccc(CN(C)C(=O)CN(C)Cc2ccc3c(c2)OCCO3)o1. The number of hydrogen-bond acceptors (Lipinski definition) is 5. The van der Waals surface area contributed by atoms with Gasteiger partial charge in [0.05, 0.1) is 13.1 Å². The molecule has 0 N–H and O–H groups in total. The second-order valence-corrected chi connectivity index (χ2v) is 6.41. The van der Waals surface area contributed by atoms with Crippen LogP contribution in [0.3, 0.4) is 0 Å². The smallest absolute Gasteiger partial charge is 0.236 e. The molecule has 0 saturated carbocycles. The normalized spacial score (nSPS) is 13.1. The van der Waals surface area contributed by atoms with E-state index in [1.165, 1.54) is 0 Å². The van der Waals surface area contributed by atoms with Crippen LogP contribution in [-0.4, -0.2) is 49.6 Å². The van der Waals surface area contributed by atoms with Crippen molar-refractivity contribution in [2.24, 2.45) is 0 Å². The Balaban J connectivity index is 1.52. The molecule has 0 unspecified atom stereocenters. The molecule has 0 bridgehead atoms. The summed E-state index contributed by atoms with van der Waals surface area (Å²) in [6.45, 7) is 4.53. The van der Waals surface area contributed by atoms with Gasteiger partial charge in [-0.2, -0.15) is 0 Å². The van der Waals surface area contributed by atoms with Crippen molar-refractivity contribution >= 4 is 5.91 Å². The molecule has 2 aromatic rings. The minimum absolute atomic E-state index is 0.0501. The Kier molecular flexibility index (Phi) is 5.28. The van der Waals surface area contributed by atoms with Gasteiger partial charge >= 0.3 is 0 Å². The van der Waals surface area contributed by atoms with Crippen LogP contribution in [0.25, 0.3) is 0 Å². The number of aryl methyl sites for hydroxylation is 1. The second kappa shape index (κ2) is 7.61. The number of likely N-dealkylation sites (N-methyl/N-ethyl adjacent to an activating group) is 2. The van der Waals surface area contributed by atoms with Crippen LogP contribution in [0.2, 0.25) is 0 Å². The van der Waals surface area contributed by atoms with E-state index in [1.54, 1.807) is 11.9 Å². The van der Waals surface area contributed by atoms with Gasteiger partial charge in [0, 0.05) is 13.6 Å². The van der Waals surface area contributed by atoms with E-state index in [0.717, 1.165) is 28.6 Å². The minimum Gasteiger partial charge on any atom is -0.486 e. The lowest BCUT2D eigenvalue weighted by atomic mass is 10.2. The third-order valence-electron chi connectivity index (χ3n) is 4.08. The van der Waals surface area contributed by atoms with E-state index in [9.17, 15) is 4.79 Å². The van der Waals surface area contributed by atoms with Gasteiger partial charge in [0.15, 0.2) is 11.5 Å². The number of carbonyl (C=O) groups excluding carboxylic acids is 1. The predicted octanol–water partition coefficient (Wildman–Crippen LogP) is 2.45. The lowest BCUT2D eigenvalue weighted by molar-refractivity contribution is -0.131. The quantitative estimate of drug-likeness (QED) is 0.806. The lowest BCUT2D eigenvalue weighted by Gasteiger charge is -2.22. The standard InChI is InChI=1S/C19H24N2O4/c1-14-4-6-16(25-14)12-21(3)19(22)13-20(2)11-15-5-7-17-18(10-15)24-9-8-23-17/h4-7,10H,8-9,11-13H2,1-3H3. The summed E-state index contributed by atoms with van der Waals surface area (Å²) in [5, 5.41) is 0. The fourth-order valence-electron chi connectivity index (χ4n) is 2.80. The Morgan fingerprint density at radius 1 is 1.04 bits per heavy atom. The molecule has 1 aromatic carbocycles. The Labute approximate surface area is 147 Å². The van der Waals surface area contributed by atoms with Gasteiger partial charge in [0.2, 0.25) is 5.91 Å². The van der Waals surface area contributed by atoms with Crippen molar-refractivity contribution in [1.82, 2.24) is 9.80 Å². The molecule has 1 aromatic heterocycles. The highest BCUT2D eigenvalue weighted by Crippen LogP contribution is 2.31. The molecule has 0 spiro atoms. The van der Waals surface area contributed by atoms with Gasteiger partial charge in [0.25, 0.3) is 0 Å². The first-order chi connectivity index (χ1) is 12.0. The molecular weight excluding hydrogens is 320 g/mol. The van der Waals surface area contributed by atoms with Crippen LogP contribution < -0.4 is 9.47 Å². The van der Waals surface area contributed by atoms with Gasteiger partial charge in [0.1, 0.15) is 24.7 Å². The van der Waals surface area contributed by atoms with Gasteiger partial charge in [-0.3, -0.25) is 9.69 Å². The number of furan rings is 1. The average molecular weight is 344 g/mol. The van der Waals surface area contributed by atoms with Gasteiger partial charge in [-0.1, -0.05) is 6.07 Å². The van der Waals surface area contributed by atoms with Crippen molar-refractivity contribution in [2.75, 3.05) is 33.9 Å². The summed E-state index contributed by atoms with van der Waals surface area (Å²) in [5.74, 6) is 3.25. The van der Waals surface area contributed by atoms with Crippen molar-refractivity contribution in [2.45, 2.75) is 20.0 Å². The molecule has 0 aliphatic carbocycles. The van der Waals surface area contributed by atoms with Gasteiger partial charge in [-0.15, -0.1) is 0 Å². The fraction of sp³-hybridized carbons (Fsp3) is 0.421. The summed E-state index contributed by atoms with van der Waals surface area (Å²) < 4.78 is 16.7. The van der Waals surface area contributed by atoms with E-state index < -0.39 is 0 Å². The van der Waals surface area contributed by atoms with Crippen molar-refractivity contribution in [1.29, 1.82) is 0 Å². The molecule has 25 heavy (non-hydrogen) atoms. The first-order valence-electron chi connectivity index (χ1n) is 8.37. The van der Waals surface area contributed by atoms with E-state index in [2.05, 4.69) is 0 Å². The van der Waals surface area contributed by atoms with E-state index in [0.29, 0.717) is 32.8 Å². The number of rotatable bonds is 6. The number of ether oxygens (including phenoxy) is 2. The molecule has 0 atom stereocenters. The molecule has 1 aliphatic rings. The topological polar surface area (TPSA) is 55.2 Å². The van der Waals surface area contributed by atoms with Crippen LogP contribution in [0.5, 0.6) is 11.5 Å². The van der Waals surface area contributed by atoms with Crippen LogP contribution in [0, 0.1) is 6.92 Å². The first kappa shape index (κ1) is 17.4. The zero-order valence-corrected chi connectivity index (χ0v) is 14.9. The van der Waals surface area contributed by atoms with Crippen LogP contribution >= 0.6 is 0 Å². The molecule has 0 fully saturated rings. The van der Waals surface area contributed by atoms with E-state index >= 15 is 0 Å². The summed E-state index contributed by atoms with van der Waals surface area (Å²) in [6, 6.07) is 9.71. The minimum atomic E-state index is 0.0501. The van der Waals surface area contributed by atoms with Crippen molar-refractivity contribution < 1.29 is 18.7 Å². The largest absolute Gasteiger partial charge is 0.486 e. The molecule has 1 amide bonds. The van der Waals surface area contributed by atoms with Crippen molar-refractivity contribution in [3.8, 4) is 11.5 Å². The highest BCUT2D eigenvalue weighted by molar-refractivity contribution is 5.77. The van der Waals surface area contributed by atoms with Crippen LogP contribution in [0.15, 0.2) is 34.7 Å². The van der Waals surface area contributed by atoms with Crippen LogP contribution in [-0.2, 0) is 17.9 Å². The Morgan fingerprint density at radius 3 is 2.52 bits per heavy atom. The highest BCUT2D eigenvalue weighted by atomic mass is 16.6. The van der Waals surface area contributed by atoms with Gasteiger partial charge in [-0.25, -0.2) is 0 Å². The molecular formula is C19H24N2O4. The Bertz CT molecular complexity index is 741. The zero-order valence-electron chi connectivity index (χ0n) is 14.9. The van der Waals surface area contributed by atoms with E-state index in [-0.39, 0.29) is 5.91 Å². The second-order valence-electron chi connectivity index (χ2n) is 6.41. The first-order valence-corrected chi connectivity index (χ1v) is 8.37. The number of carbonyl (C=O) groups is 1. The monoisotopic (exact) mass is 344 g/mol. The number of amides is 1. The summed E-state index contributed by atoms with van der Waals surface area (Å²) >= 11 is 0. The molecule has 134 valence electrons. The summed E-state index contributed by atoms with van der Waals surface area (Å²) in [6.07, 6.45) is 0. The Morgan fingerprint density at radius 2 is 1.80 bits per heavy atom. The number of hydrogen-bond donors (Lipinski definition) is 0. The van der Waals surface area contributed by atoms with Gasteiger partial charge in [-0.05, 0) is 43.8 Å². The van der Waals surface area contributed by atoms with E-state index in [1.807, 2.05) is 49.2 Å². The Hall–Kier alpha value is -2.47. The predicted molar refractivity (Wildman–Crippen MR) is 93.7 cm³/mol. The zero-order chi connectivity index (χ0) is 17.8. The maximum absolute atomic E-state index is 12.4.